The highest BCUT2D eigenvalue weighted by Crippen LogP contribution is 2.23. The van der Waals surface area contributed by atoms with Crippen molar-refractivity contribution in [2.24, 2.45) is 0 Å². The summed E-state index contributed by atoms with van der Waals surface area (Å²) in [6.45, 7) is -0.228. The highest BCUT2D eigenvalue weighted by molar-refractivity contribution is 6.33. The number of carbonyl (C=O) groups is 2. The topological polar surface area (TPSA) is 119 Å². The van der Waals surface area contributed by atoms with Crippen LogP contribution in [0.1, 0.15) is 10.4 Å². The monoisotopic (exact) mass is 337 g/mol. The second-order valence-electron chi connectivity index (χ2n) is 4.45. The lowest BCUT2D eigenvalue weighted by Gasteiger charge is -2.08. The van der Waals surface area contributed by atoms with E-state index in [2.05, 4.69) is 15.7 Å². The van der Waals surface area contributed by atoms with Crippen molar-refractivity contribution < 1.29 is 14.5 Å². The first-order valence-electron chi connectivity index (χ1n) is 6.40. The number of amides is 2. The van der Waals surface area contributed by atoms with Crippen molar-refractivity contribution in [3.63, 3.8) is 0 Å². The summed E-state index contributed by atoms with van der Waals surface area (Å²) in [7, 11) is 1.49. The van der Waals surface area contributed by atoms with Gasteiger partial charge in [0.2, 0.25) is 5.91 Å². The third kappa shape index (κ3) is 4.04. The van der Waals surface area contributed by atoms with Gasteiger partial charge in [-0.2, -0.15) is 4.68 Å². The van der Waals surface area contributed by atoms with Gasteiger partial charge in [0.25, 0.3) is 5.91 Å². The van der Waals surface area contributed by atoms with E-state index in [1.165, 1.54) is 37.5 Å². The molecule has 0 radical (unpaired) electrons. The zero-order valence-corrected chi connectivity index (χ0v) is 12.7. The number of hydrogen-bond donors (Lipinski definition) is 2. The van der Waals surface area contributed by atoms with Crippen LogP contribution in [0.2, 0.25) is 5.02 Å². The van der Waals surface area contributed by atoms with Crippen molar-refractivity contribution in [2.75, 3.05) is 12.4 Å². The van der Waals surface area contributed by atoms with E-state index in [9.17, 15) is 19.7 Å². The predicted molar refractivity (Wildman–Crippen MR) is 82.4 cm³/mol. The first-order chi connectivity index (χ1) is 10.9. The lowest BCUT2D eigenvalue weighted by Crippen LogP contribution is -2.21. The Morgan fingerprint density at radius 3 is 2.74 bits per heavy atom. The normalized spacial score (nSPS) is 10.2. The van der Waals surface area contributed by atoms with E-state index >= 15 is 0 Å². The zero-order chi connectivity index (χ0) is 17.0. The van der Waals surface area contributed by atoms with Gasteiger partial charge in [0.1, 0.15) is 6.54 Å². The van der Waals surface area contributed by atoms with Crippen LogP contribution in [-0.2, 0) is 11.3 Å². The Morgan fingerprint density at radius 1 is 1.39 bits per heavy atom. The van der Waals surface area contributed by atoms with Gasteiger partial charge in [-0.3, -0.25) is 9.59 Å². The fourth-order valence-electron chi connectivity index (χ4n) is 1.78. The fraction of sp³-hybridized carbons (Fsp3) is 0.154. The SMILES string of the molecule is CNC(=O)c1ccc(Cl)c(NC(=O)Cn2ccc([N+](=O)[O-])n2)c1. The molecule has 0 aliphatic heterocycles. The van der Waals surface area contributed by atoms with Gasteiger partial charge in [0, 0.05) is 12.6 Å². The molecule has 2 rings (SSSR count). The first kappa shape index (κ1) is 16.4. The van der Waals surface area contributed by atoms with Crippen LogP contribution in [-0.4, -0.2) is 33.6 Å². The maximum Gasteiger partial charge on any atom is 0.389 e. The smallest absolute Gasteiger partial charge is 0.358 e. The van der Waals surface area contributed by atoms with Gasteiger partial charge in [0.15, 0.2) is 0 Å². The molecule has 1 heterocycles. The van der Waals surface area contributed by atoms with Gasteiger partial charge < -0.3 is 20.7 Å². The Hall–Kier alpha value is -2.94. The number of aromatic nitrogens is 2. The molecule has 0 spiro atoms. The summed E-state index contributed by atoms with van der Waals surface area (Å²) < 4.78 is 1.13. The van der Waals surface area contributed by atoms with Crippen LogP contribution in [0.3, 0.4) is 0 Å². The minimum Gasteiger partial charge on any atom is -0.358 e. The highest BCUT2D eigenvalue weighted by atomic mass is 35.5. The van der Waals surface area contributed by atoms with Gasteiger partial charge in [-0.25, -0.2) is 0 Å². The Labute approximate surface area is 135 Å². The molecule has 1 aromatic heterocycles. The summed E-state index contributed by atoms with van der Waals surface area (Å²) in [5.41, 5.74) is 0.598. The fourth-order valence-corrected chi connectivity index (χ4v) is 1.94. The molecule has 2 amide bonds. The first-order valence-corrected chi connectivity index (χ1v) is 6.78. The Morgan fingerprint density at radius 2 is 2.13 bits per heavy atom. The molecule has 2 aromatic rings. The Kier molecular flexibility index (Phi) is 4.91. The van der Waals surface area contributed by atoms with E-state index in [0.717, 1.165) is 4.68 Å². The molecule has 0 unspecified atom stereocenters. The van der Waals surface area contributed by atoms with Gasteiger partial charge in [-0.1, -0.05) is 11.6 Å². The standard InChI is InChI=1S/C13H12ClN5O4/c1-15-13(21)8-2-3-9(14)10(6-8)16-12(20)7-18-5-4-11(17-18)19(22)23/h2-6H,7H2,1H3,(H,15,21)(H,16,20). The molecule has 0 bridgehead atoms. The van der Waals surface area contributed by atoms with E-state index in [-0.39, 0.29) is 29.0 Å². The van der Waals surface area contributed by atoms with Gasteiger partial charge in [0.05, 0.1) is 28.1 Å². The van der Waals surface area contributed by atoms with E-state index < -0.39 is 10.8 Å². The third-order valence-corrected chi connectivity index (χ3v) is 3.18. The number of carbonyl (C=O) groups excluding carboxylic acids is 2. The van der Waals surface area contributed by atoms with Crippen molar-refractivity contribution >= 4 is 34.9 Å². The maximum atomic E-state index is 12.0. The zero-order valence-electron chi connectivity index (χ0n) is 11.9. The van der Waals surface area contributed by atoms with Crippen molar-refractivity contribution in [2.45, 2.75) is 6.54 Å². The van der Waals surface area contributed by atoms with Gasteiger partial charge >= 0.3 is 5.82 Å². The molecular formula is C13H12ClN5O4. The van der Waals surface area contributed by atoms with Crippen LogP contribution in [0.15, 0.2) is 30.5 Å². The lowest BCUT2D eigenvalue weighted by molar-refractivity contribution is -0.389. The molecule has 9 nitrogen and oxygen atoms in total. The van der Waals surface area contributed by atoms with E-state index in [0.29, 0.717) is 5.56 Å². The maximum absolute atomic E-state index is 12.0. The van der Waals surface area contributed by atoms with Crippen LogP contribution in [0.4, 0.5) is 11.5 Å². The summed E-state index contributed by atoms with van der Waals surface area (Å²) in [5.74, 6) is -1.16. The number of nitro groups is 1. The second kappa shape index (κ2) is 6.88. The third-order valence-electron chi connectivity index (χ3n) is 2.85. The molecule has 0 fully saturated rings. The van der Waals surface area contributed by atoms with E-state index in [1.807, 2.05) is 0 Å². The van der Waals surface area contributed by atoms with Crippen molar-refractivity contribution in [1.82, 2.24) is 15.1 Å². The number of anilines is 1. The molecule has 0 saturated heterocycles. The molecule has 0 aliphatic carbocycles. The molecule has 0 aliphatic rings. The molecule has 23 heavy (non-hydrogen) atoms. The van der Waals surface area contributed by atoms with Crippen LogP contribution in [0.5, 0.6) is 0 Å². The molecule has 0 saturated carbocycles. The Balaban J connectivity index is 2.10. The molecule has 120 valence electrons. The summed E-state index contributed by atoms with van der Waals surface area (Å²) in [4.78, 5) is 33.4. The minimum atomic E-state index is -0.655. The molecule has 2 N–H and O–H groups in total. The largest absolute Gasteiger partial charge is 0.389 e. The minimum absolute atomic E-state index is 0.228. The number of hydrogen-bond acceptors (Lipinski definition) is 5. The molecule has 1 aromatic carbocycles. The molecular weight excluding hydrogens is 326 g/mol. The number of halogens is 1. The van der Waals surface area contributed by atoms with Crippen LogP contribution < -0.4 is 10.6 Å². The average molecular weight is 338 g/mol. The number of benzene rings is 1. The number of nitrogens with one attached hydrogen (secondary N) is 2. The highest BCUT2D eigenvalue weighted by Gasteiger charge is 2.15. The van der Waals surface area contributed by atoms with Crippen LogP contribution in [0, 0.1) is 10.1 Å². The summed E-state index contributed by atoms with van der Waals surface area (Å²) in [6, 6.07) is 5.63. The molecule has 0 atom stereocenters. The quantitative estimate of drug-likeness (QED) is 0.632. The van der Waals surface area contributed by atoms with Crippen molar-refractivity contribution in [3.05, 3.63) is 51.2 Å². The molecule has 10 heteroatoms. The summed E-state index contributed by atoms with van der Waals surface area (Å²) in [6.07, 6.45) is 1.32. The Bertz CT molecular complexity index is 773. The number of nitrogens with zero attached hydrogens (tertiary/aromatic N) is 3. The van der Waals surface area contributed by atoms with Crippen LogP contribution in [0.25, 0.3) is 0 Å². The van der Waals surface area contributed by atoms with Crippen LogP contribution >= 0.6 is 11.6 Å². The van der Waals surface area contributed by atoms with E-state index in [1.54, 1.807) is 0 Å². The second-order valence-corrected chi connectivity index (χ2v) is 4.86. The number of rotatable bonds is 5. The lowest BCUT2D eigenvalue weighted by atomic mass is 10.2. The van der Waals surface area contributed by atoms with Crippen molar-refractivity contribution in [1.29, 1.82) is 0 Å². The summed E-state index contributed by atoms with van der Waals surface area (Å²) in [5, 5.41) is 19.4. The average Bonchev–Trinajstić information content (AvgIpc) is 2.97. The van der Waals surface area contributed by atoms with Crippen molar-refractivity contribution in [3.8, 4) is 0 Å². The predicted octanol–water partition coefficient (Wildman–Crippen LogP) is 1.44. The van der Waals surface area contributed by atoms with Gasteiger partial charge in [-0.15, -0.1) is 0 Å². The van der Waals surface area contributed by atoms with Gasteiger partial charge in [-0.05, 0) is 23.1 Å². The summed E-state index contributed by atoms with van der Waals surface area (Å²) >= 11 is 5.98. The van der Waals surface area contributed by atoms with E-state index in [4.69, 9.17) is 11.6 Å².